The molecule has 2 aliphatic heterocycles. The van der Waals surface area contributed by atoms with E-state index in [2.05, 4.69) is 31.2 Å². The van der Waals surface area contributed by atoms with E-state index in [1.165, 1.54) is 5.56 Å². The molecule has 5 heteroatoms. The highest BCUT2D eigenvalue weighted by atomic mass is 35.5. The molecule has 0 aliphatic carbocycles. The van der Waals surface area contributed by atoms with Gasteiger partial charge in [-0.25, -0.2) is 0 Å². The molecule has 23 heavy (non-hydrogen) atoms. The average molecular weight is 339 g/mol. The number of likely N-dealkylation sites (tertiary alicyclic amines) is 1. The largest absolute Gasteiger partial charge is 0.364 e. The summed E-state index contributed by atoms with van der Waals surface area (Å²) >= 11 is 0. The monoisotopic (exact) mass is 338 g/mol. The summed E-state index contributed by atoms with van der Waals surface area (Å²) in [5.41, 5.74) is 6.99. The second kappa shape index (κ2) is 8.13. The second-order valence-electron chi connectivity index (χ2n) is 6.57. The van der Waals surface area contributed by atoms with Crippen LogP contribution >= 0.6 is 12.4 Å². The number of nitrogens with zero attached hydrogens (tertiary/aromatic N) is 1. The van der Waals surface area contributed by atoms with Crippen molar-refractivity contribution < 1.29 is 9.53 Å². The van der Waals surface area contributed by atoms with E-state index in [4.69, 9.17) is 10.5 Å². The van der Waals surface area contributed by atoms with Crippen LogP contribution in [-0.2, 0) is 16.0 Å². The SMILES string of the molecule is CC1C(Cc2ccccc2)CCN1C(=O)[C@@H]1CC[C@H](CN)O1.Cl. The third-order valence-corrected chi connectivity index (χ3v) is 5.18. The van der Waals surface area contributed by atoms with E-state index in [-0.39, 0.29) is 36.6 Å². The van der Waals surface area contributed by atoms with Gasteiger partial charge in [-0.05, 0) is 44.1 Å². The zero-order valence-corrected chi connectivity index (χ0v) is 14.5. The Bertz CT molecular complexity index is 511. The Morgan fingerprint density at radius 1 is 1.26 bits per heavy atom. The van der Waals surface area contributed by atoms with Gasteiger partial charge in [0.25, 0.3) is 5.91 Å². The van der Waals surface area contributed by atoms with Crippen molar-refractivity contribution in [2.75, 3.05) is 13.1 Å². The van der Waals surface area contributed by atoms with Gasteiger partial charge in [0.15, 0.2) is 0 Å². The van der Waals surface area contributed by atoms with Gasteiger partial charge in [-0.3, -0.25) is 4.79 Å². The van der Waals surface area contributed by atoms with Gasteiger partial charge < -0.3 is 15.4 Å². The van der Waals surface area contributed by atoms with E-state index in [0.29, 0.717) is 12.5 Å². The topological polar surface area (TPSA) is 55.6 Å². The van der Waals surface area contributed by atoms with Gasteiger partial charge in [0.1, 0.15) is 6.10 Å². The molecule has 2 N–H and O–H groups in total. The van der Waals surface area contributed by atoms with Crippen LogP contribution in [0, 0.1) is 5.92 Å². The molecule has 0 aromatic heterocycles. The van der Waals surface area contributed by atoms with Crippen LogP contribution in [-0.4, -0.2) is 42.1 Å². The Balaban J connectivity index is 0.00000192. The van der Waals surface area contributed by atoms with Gasteiger partial charge in [-0.1, -0.05) is 30.3 Å². The molecular formula is C18H27ClN2O2. The van der Waals surface area contributed by atoms with Gasteiger partial charge in [-0.15, -0.1) is 12.4 Å². The Kier molecular flexibility index (Phi) is 6.45. The maximum absolute atomic E-state index is 12.7. The Morgan fingerprint density at radius 3 is 2.65 bits per heavy atom. The van der Waals surface area contributed by atoms with Crippen molar-refractivity contribution in [3.63, 3.8) is 0 Å². The average Bonchev–Trinajstić information content (AvgIpc) is 3.16. The third kappa shape index (κ3) is 4.06. The number of amides is 1. The zero-order valence-electron chi connectivity index (χ0n) is 13.7. The molecular weight excluding hydrogens is 312 g/mol. The van der Waals surface area contributed by atoms with E-state index >= 15 is 0 Å². The number of rotatable bonds is 4. The first kappa shape index (κ1) is 18.2. The normalized spacial score (nSPS) is 30.3. The fourth-order valence-electron chi connectivity index (χ4n) is 3.75. The molecule has 0 radical (unpaired) electrons. The molecule has 2 heterocycles. The van der Waals surface area contributed by atoms with Crippen molar-refractivity contribution in [2.45, 2.75) is 50.9 Å². The molecule has 2 aliphatic rings. The van der Waals surface area contributed by atoms with Gasteiger partial charge >= 0.3 is 0 Å². The minimum absolute atomic E-state index is 0. The highest BCUT2D eigenvalue weighted by Gasteiger charge is 2.39. The van der Waals surface area contributed by atoms with E-state index < -0.39 is 0 Å². The number of hydrogen-bond donors (Lipinski definition) is 1. The van der Waals surface area contributed by atoms with E-state index in [0.717, 1.165) is 32.2 Å². The minimum atomic E-state index is -0.272. The first-order chi connectivity index (χ1) is 10.7. The lowest BCUT2D eigenvalue weighted by Gasteiger charge is -2.27. The maximum atomic E-state index is 12.7. The molecule has 2 fully saturated rings. The molecule has 0 bridgehead atoms. The van der Waals surface area contributed by atoms with E-state index in [9.17, 15) is 4.79 Å². The van der Waals surface area contributed by atoms with Crippen LogP contribution in [0.25, 0.3) is 0 Å². The van der Waals surface area contributed by atoms with Crippen LogP contribution in [0.15, 0.2) is 30.3 Å². The number of carbonyl (C=O) groups excluding carboxylic acids is 1. The Labute approximate surface area is 144 Å². The Hall–Kier alpha value is -1.10. The molecule has 1 aromatic carbocycles. The van der Waals surface area contributed by atoms with Crippen LogP contribution in [0.5, 0.6) is 0 Å². The van der Waals surface area contributed by atoms with E-state index in [1.54, 1.807) is 0 Å². The molecule has 3 rings (SSSR count). The van der Waals surface area contributed by atoms with Crippen molar-refractivity contribution in [3.05, 3.63) is 35.9 Å². The Morgan fingerprint density at radius 2 is 2.00 bits per heavy atom. The number of halogens is 1. The predicted octanol–water partition coefficient (Wildman–Crippen LogP) is 2.39. The van der Waals surface area contributed by atoms with Crippen LogP contribution < -0.4 is 5.73 Å². The van der Waals surface area contributed by atoms with Crippen molar-refractivity contribution in [1.82, 2.24) is 4.90 Å². The highest BCUT2D eigenvalue weighted by Crippen LogP contribution is 2.30. The lowest BCUT2D eigenvalue weighted by atomic mass is 9.93. The van der Waals surface area contributed by atoms with Crippen molar-refractivity contribution >= 4 is 18.3 Å². The summed E-state index contributed by atoms with van der Waals surface area (Å²) in [7, 11) is 0. The van der Waals surface area contributed by atoms with Gasteiger partial charge in [-0.2, -0.15) is 0 Å². The molecule has 4 atom stereocenters. The standard InChI is InChI=1S/C18H26N2O2.ClH/c1-13-15(11-14-5-3-2-4-6-14)9-10-20(13)18(21)17-8-7-16(12-19)22-17;/h2-6,13,15-17H,7-12,19H2,1H3;1H/t13?,15?,16-,17+;/m1./s1. The number of hydrogen-bond acceptors (Lipinski definition) is 3. The quantitative estimate of drug-likeness (QED) is 0.917. The number of nitrogens with two attached hydrogens (primary N) is 1. The van der Waals surface area contributed by atoms with Crippen LogP contribution in [0.2, 0.25) is 0 Å². The second-order valence-corrected chi connectivity index (χ2v) is 6.57. The fraction of sp³-hybridized carbons (Fsp3) is 0.611. The first-order valence-electron chi connectivity index (χ1n) is 8.39. The summed E-state index contributed by atoms with van der Waals surface area (Å²) in [5.74, 6) is 0.706. The smallest absolute Gasteiger partial charge is 0.251 e. The maximum Gasteiger partial charge on any atom is 0.251 e. The van der Waals surface area contributed by atoms with Gasteiger partial charge in [0, 0.05) is 19.1 Å². The lowest BCUT2D eigenvalue weighted by molar-refractivity contribution is -0.143. The van der Waals surface area contributed by atoms with E-state index in [1.807, 2.05) is 11.0 Å². The first-order valence-corrected chi connectivity index (χ1v) is 8.39. The molecule has 2 saturated heterocycles. The number of carbonyl (C=O) groups is 1. The molecule has 4 nitrogen and oxygen atoms in total. The summed E-state index contributed by atoms with van der Waals surface area (Å²) < 4.78 is 5.77. The zero-order chi connectivity index (χ0) is 15.5. The van der Waals surface area contributed by atoms with Crippen LogP contribution in [0.4, 0.5) is 0 Å². The minimum Gasteiger partial charge on any atom is -0.364 e. The molecule has 2 unspecified atom stereocenters. The van der Waals surface area contributed by atoms with Crippen molar-refractivity contribution in [3.8, 4) is 0 Å². The number of ether oxygens (including phenoxy) is 1. The summed E-state index contributed by atoms with van der Waals surface area (Å²) in [5, 5.41) is 0. The van der Waals surface area contributed by atoms with Gasteiger partial charge in [0.2, 0.25) is 0 Å². The molecule has 0 spiro atoms. The van der Waals surface area contributed by atoms with Crippen LogP contribution in [0.1, 0.15) is 31.7 Å². The summed E-state index contributed by atoms with van der Waals surface area (Å²) in [6.07, 6.45) is 3.63. The summed E-state index contributed by atoms with van der Waals surface area (Å²) in [6, 6.07) is 10.8. The van der Waals surface area contributed by atoms with Crippen molar-refractivity contribution in [2.24, 2.45) is 11.7 Å². The summed E-state index contributed by atoms with van der Waals surface area (Å²) in [4.78, 5) is 14.7. The molecule has 0 saturated carbocycles. The number of benzene rings is 1. The molecule has 1 amide bonds. The molecule has 1 aromatic rings. The third-order valence-electron chi connectivity index (χ3n) is 5.18. The van der Waals surface area contributed by atoms with Gasteiger partial charge in [0.05, 0.1) is 6.10 Å². The van der Waals surface area contributed by atoms with Crippen LogP contribution in [0.3, 0.4) is 0 Å². The highest BCUT2D eigenvalue weighted by molar-refractivity contribution is 5.85. The fourth-order valence-corrected chi connectivity index (χ4v) is 3.75. The van der Waals surface area contributed by atoms with Crippen molar-refractivity contribution in [1.29, 1.82) is 0 Å². The molecule has 128 valence electrons. The lowest BCUT2D eigenvalue weighted by Crippen LogP contribution is -2.42. The summed E-state index contributed by atoms with van der Waals surface area (Å²) in [6.45, 7) is 3.54. The predicted molar refractivity (Wildman–Crippen MR) is 93.6 cm³/mol.